The molecule has 1 heterocycles. The first-order valence-corrected chi connectivity index (χ1v) is 8.12. The first-order valence-electron chi connectivity index (χ1n) is 6.80. The van der Waals surface area contributed by atoms with E-state index in [4.69, 9.17) is 10.5 Å². The van der Waals surface area contributed by atoms with Crippen molar-refractivity contribution < 1.29 is 13.7 Å². The largest absolute Gasteiger partial charge is 0.494 e. The number of anilines is 1. The summed E-state index contributed by atoms with van der Waals surface area (Å²) in [6, 6.07) is 5.06. The van der Waals surface area contributed by atoms with Crippen LogP contribution in [0.1, 0.15) is 19.8 Å². The van der Waals surface area contributed by atoms with Crippen LogP contribution in [0.2, 0.25) is 0 Å². The molecule has 5 nitrogen and oxygen atoms in total. The van der Waals surface area contributed by atoms with Crippen molar-refractivity contribution in [3.05, 3.63) is 18.2 Å². The maximum absolute atomic E-state index is 12.3. The van der Waals surface area contributed by atoms with Gasteiger partial charge in [-0.25, -0.2) is 0 Å². The van der Waals surface area contributed by atoms with Crippen molar-refractivity contribution in [1.82, 2.24) is 4.90 Å². The number of carbonyl (C=O) groups is 1. The lowest BCUT2D eigenvalue weighted by molar-refractivity contribution is -0.127. The Morgan fingerprint density at radius 2 is 2.10 bits per heavy atom. The van der Waals surface area contributed by atoms with Gasteiger partial charge in [0.15, 0.2) is 0 Å². The average molecular weight is 296 g/mol. The Bertz CT molecular complexity index is 513. The van der Waals surface area contributed by atoms with E-state index in [1.165, 1.54) is 0 Å². The summed E-state index contributed by atoms with van der Waals surface area (Å²) in [7, 11) is -1.43. The Morgan fingerprint density at radius 1 is 1.40 bits per heavy atom. The van der Waals surface area contributed by atoms with Gasteiger partial charge in [-0.2, -0.15) is 0 Å². The molecule has 20 heavy (non-hydrogen) atoms. The Morgan fingerprint density at radius 3 is 2.75 bits per heavy atom. The van der Waals surface area contributed by atoms with Crippen LogP contribution in [0.25, 0.3) is 0 Å². The summed E-state index contributed by atoms with van der Waals surface area (Å²) >= 11 is 0. The third-order valence-electron chi connectivity index (χ3n) is 3.25. The number of rotatable bonds is 5. The van der Waals surface area contributed by atoms with E-state index in [1.807, 2.05) is 6.92 Å². The van der Waals surface area contributed by atoms with Crippen molar-refractivity contribution in [2.24, 2.45) is 0 Å². The van der Waals surface area contributed by atoms with Crippen LogP contribution in [-0.2, 0) is 15.6 Å². The van der Waals surface area contributed by atoms with Crippen LogP contribution in [0.15, 0.2) is 23.1 Å². The molecule has 1 aromatic carbocycles. The lowest BCUT2D eigenvalue weighted by atomic mass is 10.3. The molecule has 0 bridgehead atoms. The standard InChI is InChI=1S/C14H20N2O3S/c1-2-19-11-5-6-12(15)13(9-11)20(18)10-14(17)16-7-3-4-8-16/h5-6,9H,2-4,7-8,10,15H2,1H3. The van der Waals surface area contributed by atoms with Crippen LogP contribution < -0.4 is 10.5 Å². The average Bonchev–Trinajstić information content (AvgIpc) is 2.95. The highest BCUT2D eigenvalue weighted by molar-refractivity contribution is 7.86. The van der Waals surface area contributed by atoms with Gasteiger partial charge in [0, 0.05) is 18.8 Å². The minimum Gasteiger partial charge on any atom is -0.494 e. The molecule has 6 heteroatoms. The quantitative estimate of drug-likeness (QED) is 0.834. The van der Waals surface area contributed by atoms with Crippen molar-refractivity contribution in [3.8, 4) is 5.75 Å². The van der Waals surface area contributed by atoms with Crippen molar-refractivity contribution in [2.45, 2.75) is 24.7 Å². The predicted octanol–water partition coefficient (Wildman–Crippen LogP) is 1.40. The molecule has 1 saturated heterocycles. The number of likely N-dealkylation sites (tertiary alicyclic amines) is 1. The number of hydrogen-bond donors (Lipinski definition) is 1. The number of nitrogen functional groups attached to an aromatic ring is 1. The second-order valence-electron chi connectivity index (χ2n) is 4.71. The zero-order chi connectivity index (χ0) is 14.5. The van der Waals surface area contributed by atoms with E-state index in [1.54, 1.807) is 23.1 Å². The van der Waals surface area contributed by atoms with E-state index in [9.17, 15) is 9.00 Å². The summed E-state index contributed by atoms with van der Waals surface area (Å²) in [4.78, 5) is 14.3. The molecule has 2 N–H and O–H groups in total. The van der Waals surface area contributed by atoms with E-state index in [2.05, 4.69) is 0 Å². The fraction of sp³-hybridized carbons (Fsp3) is 0.500. The van der Waals surface area contributed by atoms with Crippen LogP contribution in [0.4, 0.5) is 5.69 Å². The maximum atomic E-state index is 12.3. The van der Waals surface area contributed by atoms with Gasteiger partial charge in [-0.1, -0.05) is 0 Å². The lowest BCUT2D eigenvalue weighted by Gasteiger charge is -2.15. The van der Waals surface area contributed by atoms with Gasteiger partial charge in [0.2, 0.25) is 5.91 Å². The minimum absolute atomic E-state index is 0.0141. The van der Waals surface area contributed by atoms with Crippen LogP contribution in [-0.4, -0.2) is 40.5 Å². The summed E-state index contributed by atoms with van der Waals surface area (Å²) in [6.45, 7) is 3.95. The Hall–Kier alpha value is -1.56. The molecule has 0 spiro atoms. The third-order valence-corrected chi connectivity index (χ3v) is 4.61. The topological polar surface area (TPSA) is 72.6 Å². The van der Waals surface area contributed by atoms with E-state index in [0.717, 1.165) is 25.9 Å². The first-order chi connectivity index (χ1) is 9.61. The number of benzene rings is 1. The SMILES string of the molecule is CCOc1ccc(N)c(S(=O)CC(=O)N2CCCC2)c1. The molecule has 1 aliphatic heterocycles. The van der Waals surface area contributed by atoms with Crippen molar-refractivity contribution in [1.29, 1.82) is 0 Å². The van der Waals surface area contributed by atoms with Crippen LogP contribution in [0.5, 0.6) is 5.75 Å². The highest BCUT2D eigenvalue weighted by atomic mass is 32.2. The van der Waals surface area contributed by atoms with Crippen molar-refractivity contribution in [3.63, 3.8) is 0 Å². The van der Waals surface area contributed by atoms with Crippen molar-refractivity contribution >= 4 is 22.4 Å². The second kappa shape index (κ2) is 6.74. The molecule has 110 valence electrons. The van der Waals surface area contributed by atoms with Crippen LogP contribution in [0, 0.1) is 0 Å². The number of hydrogen-bond acceptors (Lipinski definition) is 4. The molecule has 0 radical (unpaired) electrons. The molecule has 0 aliphatic carbocycles. The molecule has 2 rings (SSSR count). The van der Waals surface area contributed by atoms with Gasteiger partial charge in [-0.15, -0.1) is 0 Å². The molecule has 1 aromatic rings. The summed E-state index contributed by atoms with van der Waals surface area (Å²) in [5.41, 5.74) is 6.27. The van der Waals surface area contributed by atoms with Gasteiger partial charge >= 0.3 is 0 Å². The summed E-state index contributed by atoms with van der Waals surface area (Å²) < 4.78 is 17.7. The molecular formula is C14H20N2O3S. The van der Waals surface area contributed by atoms with Gasteiger partial charge in [0.25, 0.3) is 0 Å². The second-order valence-corrected chi connectivity index (χ2v) is 6.13. The van der Waals surface area contributed by atoms with Crippen LogP contribution in [0.3, 0.4) is 0 Å². The Balaban J connectivity index is 2.07. The molecule has 1 atom stereocenters. The normalized spacial score (nSPS) is 16.1. The number of nitrogens with zero attached hydrogens (tertiary/aromatic N) is 1. The summed E-state index contributed by atoms with van der Waals surface area (Å²) in [5.74, 6) is 0.542. The smallest absolute Gasteiger partial charge is 0.235 e. The summed E-state index contributed by atoms with van der Waals surface area (Å²) in [6.07, 6.45) is 2.06. The fourth-order valence-corrected chi connectivity index (χ4v) is 3.36. The summed E-state index contributed by atoms with van der Waals surface area (Å²) in [5, 5.41) is 0. The molecule has 1 aliphatic rings. The lowest BCUT2D eigenvalue weighted by Crippen LogP contribution is -2.31. The number of nitrogens with two attached hydrogens (primary N) is 1. The number of ether oxygens (including phenoxy) is 1. The highest BCUT2D eigenvalue weighted by Gasteiger charge is 2.21. The van der Waals surface area contributed by atoms with E-state index in [-0.39, 0.29) is 11.7 Å². The third kappa shape index (κ3) is 3.50. The zero-order valence-electron chi connectivity index (χ0n) is 11.6. The molecule has 1 amide bonds. The number of amides is 1. The number of carbonyl (C=O) groups excluding carboxylic acids is 1. The van der Waals surface area contributed by atoms with Gasteiger partial charge in [-0.3, -0.25) is 9.00 Å². The van der Waals surface area contributed by atoms with Gasteiger partial charge in [-0.05, 0) is 38.0 Å². The molecule has 1 fully saturated rings. The molecule has 0 aromatic heterocycles. The van der Waals surface area contributed by atoms with Gasteiger partial charge in [0.05, 0.1) is 22.3 Å². The zero-order valence-corrected chi connectivity index (χ0v) is 12.4. The monoisotopic (exact) mass is 296 g/mol. The van der Waals surface area contributed by atoms with E-state index < -0.39 is 10.8 Å². The van der Waals surface area contributed by atoms with Gasteiger partial charge < -0.3 is 15.4 Å². The maximum Gasteiger partial charge on any atom is 0.235 e. The molecular weight excluding hydrogens is 276 g/mol. The molecule has 1 unspecified atom stereocenters. The first kappa shape index (κ1) is 14.8. The molecule has 0 saturated carbocycles. The predicted molar refractivity (Wildman–Crippen MR) is 79.1 cm³/mol. The highest BCUT2D eigenvalue weighted by Crippen LogP contribution is 2.23. The van der Waals surface area contributed by atoms with Gasteiger partial charge in [0.1, 0.15) is 11.5 Å². The van der Waals surface area contributed by atoms with Crippen LogP contribution >= 0.6 is 0 Å². The van der Waals surface area contributed by atoms with Crippen molar-refractivity contribution in [2.75, 3.05) is 31.2 Å². The minimum atomic E-state index is -1.43. The van der Waals surface area contributed by atoms with E-state index >= 15 is 0 Å². The Labute approximate surface area is 121 Å². The fourth-order valence-electron chi connectivity index (χ4n) is 2.22. The Kier molecular flexibility index (Phi) is 5.00. The van der Waals surface area contributed by atoms with E-state index in [0.29, 0.717) is 22.9 Å².